The number of nitro groups is 2. The number of ether oxygens (including phenoxy) is 2. The van der Waals surface area contributed by atoms with Crippen LogP contribution in [0.4, 0.5) is 34.6 Å². The minimum atomic E-state index is -5.84. The van der Waals surface area contributed by atoms with Gasteiger partial charge < -0.3 is 14.8 Å². The average Bonchev–Trinajstić information content (AvgIpc) is 3.02. The van der Waals surface area contributed by atoms with Gasteiger partial charge in [-0.2, -0.15) is 17.6 Å². The molecule has 162 valence electrons. The Morgan fingerprint density at radius 3 is 2.13 bits per heavy atom. The molecule has 0 aliphatic rings. The number of nitrogens with one attached hydrogen (secondary N) is 1. The number of nitrogens with zero attached hydrogens (tertiary/aromatic N) is 2. The van der Waals surface area contributed by atoms with Crippen molar-refractivity contribution in [2.45, 2.75) is 12.0 Å². The Morgan fingerprint density at radius 2 is 1.70 bits per heavy atom. The monoisotopic (exact) mass is 455 g/mol. The van der Waals surface area contributed by atoms with Crippen molar-refractivity contribution in [2.24, 2.45) is 0 Å². The first-order valence-corrected chi connectivity index (χ1v) is 8.20. The number of thiophene rings is 1. The molecule has 1 N–H and O–H groups in total. The Kier molecular flexibility index (Phi) is 5.94. The summed E-state index contributed by atoms with van der Waals surface area (Å²) in [6.07, 6.45) is -5.84. The van der Waals surface area contributed by atoms with E-state index in [-0.39, 0.29) is 11.8 Å². The summed E-state index contributed by atoms with van der Waals surface area (Å²) in [6, 6.07) is 1.26. The fraction of sp³-hybridized carbons (Fsp3) is 0.286. The summed E-state index contributed by atoms with van der Waals surface area (Å²) >= 11 is 0.345. The largest absolute Gasteiger partial charge is 0.465 e. The summed E-state index contributed by atoms with van der Waals surface area (Å²) in [5.41, 5.74) is -2.68. The Morgan fingerprint density at radius 1 is 1.10 bits per heavy atom. The van der Waals surface area contributed by atoms with Crippen LogP contribution >= 0.6 is 11.3 Å². The van der Waals surface area contributed by atoms with Gasteiger partial charge in [0.1, 0.15) is 4.88 Å². The molecule has 30 heavy (non-hydrogen) atoms. The summed E-state index contributed by atoms with van der Waals surface area (Å²) in [6.45, 7) is 0. The van der Waals surface area contributed by atoms with E-state index in [1.165, 1.54) is 5.32 Å². The highest BCUT2D eigenvalue weighted by Crippen LogP contribution is 2.45. The SMILES string of the molecule is COC(=O)c1sc2cc([N+](=O)[O-])cc([N+](=O)[O-])c2c1NC(=O)[C@@](F)(OC)C(F)(F)F. The summed E-state index contributed by atoms with van der Waals surface area (Å²) < 4.78 is 60.7. The number of nitro benzene ring substituents is 2. The number of non-ortho nitro benzene ring substituents is 2. The third kappa shape index (κ3) is 3.73. The second-order valence-electron chi connectivity index (χ2n) is 5.40. The van der Waals surface area contributed by atoms with Crippen molar-refractivity contribution in [3.63, 3.8) is 0 Å². The first-order chi connectivity index (χ1) is 13.8. The standard InChI is InChI=1S/C14H9F4N3O8S/c1-28-11(22)10-9(19-12(23)13(15,29-2)14(16,17)18)8-6(21(26)27)3-5(20(24)25)4-7(8)30-10/h3-4H,1-2H3,(H,19,23)/t13-/m1/s1. The summed E-state index contributed by atoms with van der Waals surface area (Å²) in [5, 5.41) is 23.2. The van der Waals surface area contributed by atoms with Gasteiger partial charge in [0.15, 0.2) is 0 Å². The molecule has 0 radical (unpaired) electrons. The maximum atomic E-state index is 14.2. The van der Waals surface area contributed by atoms with Crippen LogP contribution in [0.15, 0.2) is 12.1 Å². The van der Waals surface area contributed by atoms with Crippen molar-refractivity contribution in [3.05, 3.63) is 37.2 Å². The van der Waals surface area contributed by atoms with E-state index in [0.717, 1.165) is 13.2 Å². The molecular formula is C14H9F4N3O8S. The number of alkyl halides is 4. The number of carbonyl (C=O) groups excluding carboxylic acids is 2. The lowest BCUT2D eigenvalue weighted by atomic mass is 10.1. The van der Waals surface area contributed by atoms with Gasteiger partial charge in [0.05, 0.1) is 38.8 Å². The number of hydrogen-bond acceptors (Lipinski definition) is 9. The smallest absolute Gasteiger partial charge is 0.458 e. The molecule has 1 aromatic carbocycles. The molecule has 0 bridgehead atoms. The number of carbonyl (C=O) groups is 2. The van der Waals surface area contributed by atoms with Crippen LogP contribution in [0, 0.1) is 20.2 Å². The van der Waals surface area contributed by atoms with Crippen molar-refractivity contribution in [2.75, 3.05) is 19.5 Å². The first-order valence-electron chi connectivity index (χ1n) is 7.38. The number of hydrogen-bond donors (Lipinski definition) is 1. The van der Waals surface area contributed by atoms with Crippen LogP contribution in [-0.2, 0) is 14.3 Å². The second kappa shape index (κ2) is 7.79. The third-order valence-electron chi connectivity index (χ3n) is 3.71. The Bertz CT molecular complexity index is 1070. The van der Waals surface area contributed by atoms with Crippen molar-refractivity contribution < 1.29 is 46.5 Å². The van der Waals surface area contributed by atoms with Crippen LogP contribution in [0.25, 0.3) is 10.1 Å². The highest BCUT2D eigenvalue weighted by Gasteiger charge is 2.63. The van der Waals surface area contributed by atoms with Gasteiger partial charge in [-0.1, -0.05) is 0 Å². The minimum Gasteiger partial charge on any atom is -0.465 e. The molecule has 0 spiro atoms. The van der Waals surface area contributed by atoms with Gasteiger partial charge in [-0.05, 0) is 0 Å². The Hall–Kier alpha value is -3.40. The van der Waals surface area contributed by atoms with E-state index in [2.05, 4.69) is 9.47 Å². The van der Waals surface area contributed by atoms with Crippen LogP contribution in [0.3, 0.4) is 0 Å². The van der Waals surface area contributed by atoms with E-state index < -0.39 is 61.1 Å². The van der Waals surface area contributed by atoms with Crippen LogP contribution < -0.4 is 5.32 Å². The fourth-order valence-electron chi connectivity index (χ4n) is 2.33. The Labute approximate surface area is 166 Å². The molecule has 1 amide bonds. The molecule has 0 aliphatic carbocycles. The molecule has 0 aliphatic heterocycles. The molecule has 0 saturated carbocycles. The maximum Gasteiger partial charge on any atom is 0.458 e. The number of benzene rings is 1. The van der Waals surface area contributed by atoms with Gasteiger partial charge >= 0.3 is 18.0 Å². The molecule has 16 heteroatoms. The summed E-state index contributed by atoms with van der Waals surface area (Å²) in [4.78, 5) is 43.6. The number of anilines is 1. The third-order valence-corrected chi connectivity index (χ3v) is 4.83. The molecule has 0 saturated heterocycles. The number of halogens is 4. The highest BCUT2D eigenvalue weighted by atomic mass is 32.1. The summed E-state index contributed by atoms with van der Waals surface area (Å²) in [7, 11) is 1.12. The van der Waals surface area contributed by atoms with E-state index in [0.29, 0.717) is 17.4 Å². The highest BCUT2D eigenvalue weighted by molar-refractivity contribution is 7.21. The quantitative estimate of drug-likeness (QED) is 0.302. The van der Waals surface area contributed by atoms with Crippen LogP contribution in [0.1, 0.15) is 9.67 Å². The minimum absolute atomic E-state index is 0.256. The Balaban J connectivity index is 2.82. The molecule has 0 fully saturated rings. The average molecular weight is 455 g/mol. The van der Waals surface area contributed by atoms with E-state index in [1.807, 2.05) is 0 Å². The van der Waals surface area contributed by atoms with Crippen LogP contribution in [0.2, 0.25) is 0 Å². The van der Waals surface area contributed by atoms with Crippen molar-refractivity contribution in [3.8, 4) is 0 Å². The second-order valence-corrected chi connectivity index (χ2v) is 6.45. The molecule has 1 atom stereocenters. The number of esters is 1. The van der Waals surface area contributed by atoms with Gasteiger partial charge in [-0.25, -0.2) is 4.79 Å². The van der Waals surface area contributed by atoms with Crippen LogP contribution in [0.5, 0.6) is 0 Å². The molecule has 1 heterocycles. The number of rotatable bonds is 6. The van der Waals surface area contributed by atoms with E-state index in [9.17, 15) is 47.4 Å². The number of amides is 1. The maximum absolute atomic E-state index is 14.2. The number of methoxy groups -OCH3 is 2. The van der Waals surface area contributed by atoms with Crippen molar-refractivity contribution >= 4 is 50.4 Å². The van der Waals surface area contributed by atoms with Crippen molar-refractivity contribution in [1.29, 1.82) is 0 Å². The predicted molar refractivity (Wildman–Crippen MR) is 92.0 cm³/mol. The predicted octanol–water partition coefficient (Wildman–Crippen LogP) is 3.32. The van der Waals surface area contributed by atoms with Gasteiger partial charge in [0.25, 0.3) is 17.3 Å². The van der Waals surface area contributed by atoms with E-state index in [4.69, 9.17) is 0 Å². The fourth-order valence-corrected chi connectivity index (χ4v) is 3.46. The molecule has 0 unspecified atom stereocenters. The zero-order valence-corrected chi connectivity index (χ0v) is 15.6. The lowest BCUT2D eigenvalue weighted by Crippen LogP contribution is -2.52. The molecule has 1 aromatic heterocycles. The van der Waals surface area contributed by atoms with Gasteiger partial charge in [0.2, 0.25) is 0 Å². The van der Waals surface area contributed by atoms with Gasteiger partial charge in [-0.15, -0.1) is 11.3 Å². The zero-order chi connectivity index (χ0) is 23.0. The molecular weight excluding hydrogens is 446 g/mol. The normalized spacial score (nSPS) is 13.5. The van der Waals surface area contributed by atoms with E-state index in [1.54, 1.807) is 0 Å². The lowest BCUT2D eigenvalue weighted by Gasteiger charge is -2.24. The number of fused-ring (bicyclic) bond motifs is 1. The first kappa shape index (κ1) is 22.9. The molecule has 2 rings (SSSR count). The topological polar surface area (TPSA) is 151 Å². The van der Waals surface area contributed by atoms with Crippen molar-refractivity contribution in [1.82, 2.24) is 0 Å². The van der Waals surface area contributed by atoms with Crippen LogP contribution in [-0.4, -0.2) is 48.0 Å². The van der Waals surface area contributed by atoms with Gasteiger partial charge in [0, 0.05) is 13.2 Å². The van der Waals surface area contributed by atoms with Gasteiger partial charge in [-0.3, -0.25) is 25.0 Å². The zero-order valence-electron chi connectivity index (χ0n) is 14.7. The molecule has 2 aromatic rings. The molecule has 11 nitrogen and oxygen atoms in total. The lowest BCUT2D eigenvalue weighted by molar-refractivity contribution is -0.393. The van der Waals surface area contributed by atoms with E-state index >= 15 is 0 Å². The summed E-state index contributed by atoms with van der Waals surface area (Å²) in [5.74, 6) is -8.54.